The molecule has 1 unspecified atom stereocenters. The van der Waals surface area contributed by atoms with E-state index in [1.165, 1.54) is 12.3 Å². The average molecular weight is 298 g/mol. The van der Waals surface area contributed by atoms with Crippen molar-refractivity contribution in [1.82, 2.24) is 5.32 Å². The SMILES string of the molecule is O=C(NCC1(O)CCCc2ccccc21)c1cccc[n+]1[O-]. The first-order chi connectivity index (χ1) is 10.6. The molecule has 0 spiro atoms. The minimum Gasteiger partial charge on any atom is -0.618 e. The molecule has 1 aliphatic rings. The van der Waals surface area contributed by atoms with E-state index < -0.39 is 11.5 Å². The Labute approximate surface area is 128 Å². The summed E-state index contributed by atoms with van der Waals surface area (Å²) in [5.41, 5.74) is 0.927. The van der Waals surface area contributed by atoms with Crippen molar-refractivity contribution in [2.45, 2.75) is 24.9 Å². The lowest BCUT2D eigenvalue weighted by molar-refractivity contribution is -0.607. The van der Waals surface area contributed by atoms with E-state index in [9.17, 15) is 15.1 Å². The first-order valence-corrected chi connectivity index (χ1v) is 7.37. The van der Waals surface area contributed by atoms with Crippen LogP contribution in [-0.2, 0) is 12.0 Å². The van der Waals surface area contributed by atoms with Crippen LogP contribution in [0, 0.1) is 5.21 Å². The summed E-state index contributed by atoms with van der Waals surface area (Å²) in [6.07, 6.45) is 3.68. The van der Waals surface area contributed by atoms with Crippen LogP contribution in [0.3, 0.4) is 0 Å². The molecule has 5 nitrogen and oxygen atoms in total. The first kappa shape index (κ1) is 14.5. The summed E-state index contributed by atoms with van der Waals surface area (Å²) in [4.78, 5) is 12.1. The van der Waals surface area contributed by atoms with E-state index in [2.05, 4.69) is 5.32 Å². The van der Waals surface area contributed by atoms with Crippen molar-refractivity contribution in [3.05, 3.63) is 70.7 Å². The molecule has 0 saturated heterocycles. The van der Waals surface area contributed by atoms with E-state index in [1.807, 2.05) is 24.3 Å². The quantitative estimate of drug-likeness (QED) is 0.662. The van der Waals surface area contributed by atoms with Crippen LogP contribution in [0.2, 0.25) is 0 Å². The molecule has 1 atom stereocenters. The van der Waals surface area contributed by atoms with Gasteiger partial charge in [0.25, 0.3) is 5.69 Å². The average Bonchev–Trinajstić information content (AvgIpc) is 2.54. The third kappa shape index (κ3) is 2.67. The third-order valence-electron chi connectivity index (χ3n) is 4.15. The van der Waals surface area contributed by atoms with Crippen LogP contribution >= 0.6 is 0 Å². The van der Waals surface area contributed by atoms with Gasteiger partial charge in [0, 0.05) is 12.1 Å². The number of carbonyl (C=O) groups excluding carboxylic acids is 1. The monoisotopic (exact) mass is 298 g/mol. The summed E-state index contributed by atoms with van der Waals surface area (Å²) in [7, 11) is 0. The maximum absolute atomic E-state index is 12.1. The lowest BCUT2D eigenvalue weighted by atomic mass is 9.79. The molecule has 2 aromatic rings. The van der Waals surface area contributed by atoms with Gasteiger partial charge in [-0.3, -0.25) is 4.79 Å². The van der Waals surface area contributed by atoms with Crippen molar-refractivity contribution < 1.29 is 14.6 Å². The van der Waals surface area contributed by atoms with Crippen molar-refractivity contribution in [2.75, 3.05) is 6.54 Å². The Bertz CT molecular complexity index is 702. The molecule has 1 aromatic heterocycles. The normalized spacial score (nSPS) is 20.2. The lowest BCUT2D eigenvalue weighted by Gasteiger charge is -2.34. The predicted octanol–water partition coefficient (Wildman–Crippen LogP) is 1.27. The summed E-state index contributed by atoms with van der Waals surface area (Å²) in [5.74, 6) is -0.480. The second-order valence-electron chi connectivity index (χ2n) is 5.64. The summed E-state index contributed by atoms with van der Waals surface area (Å²) in [5, 5.41) is 25.2. The van der Waals surface area contributed by atoms with Crippen molar-refractivity contribution >= 4 is 5.91 Å². The minimum atomic E-state index is -1.08. The van der Waals surface area contributed by atoms with Gasteiger partial charge >= 0.3 is 5.91 Å². The number of aliphatic hydroxyl groups is 1. The van der Waals surface area contributed by atoms with Gasteiger partial charge in [-0.15, -0.1) is 0 Å². The van der Waals surface area contributed by atoms with Gasteiger partial charge in [-0.05, 0) is 36.5 Å². The Morgan fingerprint density at radius 2 is 2.05 bits per heavy atom. The van der Waals surface area contributed by atoms with E-state index in [0.717, 1.165) is 24.0 Å². The number of hydrogen-bond donors (Lipinski definition) is 2. The third-order valence-corrected chi connectivity index (χ3v) is 4.15. The minimum absolute atomic E-state index is 0.0233. The fraction of sp³-hybridized carbons (Fsp3) is 0.294. The number of fused-ring (bicyclic) bond motifs is 1. The summed E-state index contributed by atoms with van der Waals surface area (Å²) < 4.78 is 0.522. The number of carbonyl (C=O) groups is 1. The van der Waals surface area contributed by atoms with Crippen molar-refractivity contribution in [1.29, 1.82) is 0 Å². The topological polar surface area (TPSA) is 76.3 Å². The molecular formula is C17H18N2O3. The molecule has 0 saturated carbocycles. The highest BCUT2D eigenvalue weighted by Gasteiger charge is 2.34. The molecule has 0 fully saturated rings. The van der Waals surface area contributed by atoms with Gasteiger partial charge < -0.3 is 15.6 Å². The van der Waals surface area contributed by atoms with Crippen LogP contribution in [0.5, 0.6) is 0 Å². The lowest BCUT2D eigenvalue weighted by Crippen LogP contribution is -2.46. The number of nitrogens with one attached hydrogen (secondary N) is 1. The number of amides is 1. The van der Waals surface area contributed by atoms with Crippen LogP contribution in [-0.4, -0.2) is 17.6 Å². The number of benzene rings is 1. The van der Waals surface area contributed by atoms with Gasteiger partial charge in [0.1, 0.15) is 5.60 Å². The van der Waals surface area contributed by atoms with Crippen molar-refractivity contribution in [2.24, 2.45) is 0 Å². The van der Waals surface area contributed by atoms with Gasteiger partial charge in [-0.2, -0.15) is 4.73 Å². The van der Waals surface area contributed by atoms with Crippen LogP contribution in [0.4, 0.5) is 0 Å². The van der Waals surface area contributed by atoms with E-state index in [1.54, 1.807) is 12.1 Å². The van der Waals surface area contributed by atoms with E-state index >= 15 is 0 Å². The van der Waals surface area contributed by atoms with Gasteiger partial charge in [0.2, 0.25) is 0 Å². The van der Waals surface area contributed by atoms with E-state index in [4.69, 9.17) is 0 Å². The van der Waals surface area contributed by atoms with Crippen LogP contribution in [0.15, 0.2) is 48.7 Å². The number of pyridine rings is 1. The molecule has 5 heteroatoms. The zero-order chi connectivity index (χ0) is 15.6. The Balaban J connectivity index is 1.77. The fourth-order valence-corrected chi connectivity index (χ4v) is 3.00. The van der Waals surface area contributed by atoms with Crippen molar-refractivity contribution in [3.8, 4) is 0 Å². The van der Waals surface area contributed by atoms with Crippen LogP contribution in [0.1, 0.15) is 34.5 Å². The molecule has 114 valence electrons. The molecule has 0 bridgehead atoms. The molecule has 1 amide bonds. The predicted molar refractivity (Wildman–Crippen MR) is 81.0 cm³/mol. The maximum atomic E-state index is 12.1. The molecule has 22 heavy (non-hydrogen) atoms. The number of hydrogen-bond acceptors (Lipinski definition) is 3. The number of aromatic nitrogens is 1. The first-order valence-electron chi connectivity index (χ1n) is 7.37. The molecule has 0 radical (unpaired) electrons. The summed E-state index contributed by atoms with van der Waals surface area (Å²) in [6, 6.07) is 12.4. The number of aryl methyl sites for hydroxylation is 1. The maximum Gasteiger partial charge on any atom is 0.317 e. The molecule has 3 rings (SSSR count). The second kappa shape index (κ2) is 5.77. The summed E-state index contributed by atoms with van der Waals surface area (Å²) in [6.45, 7) is 0.0950. The zero-order valence-corrected chi connectivity index (χ0v) is 12.2. The van der Waals surface area contributed by atoms with Crippen molar-refractivity contribution in [3.63, 3.8) is 0 Å². The summed E-state index contributed by atoms with van der Waals surface area (Å²) >= 11 is 0. The van der Waals surface area contributed by atoms with E-state index in [-0.39, 0.29) is 12.2 Å². The molecule has 0 aliphatic heterocycles. The van der Waals surface area contributed by atoms with Gasteiger partial charge in [0.05, 0.1) is 6.54 Å². The Morgan fingerprint density at radius 3 is 2.86 bits per heavy atom. The number of nitrogens with zero attached hydrogens (tertiary/aromatic N) is 1. The smallest absolute Gasteiger partial charge is 0.317 e. The Kier molecular flexibility index (Phi) is 3.81. The molecule has 1 aliphatic carbocycles. The van der Waals surface area contributed by atoms with E-state index in [0.29, 0.717) is 11.2 Å². The van der Waals surface area contributed by atoms with Gasteiger partial charge in [-0.1, -0.05) is 24.3 Å². The number of rotatable bonds is 3. The second-order valence-corrected chi connectivity index (χ2v) is 5.64. The van der Waals surface area contributed by atoms with Crippen LogP contribution < -0.4 is 10.0 Å². The highest BCUT2D eigenvalue weighted by atomic mass is 16.5. The largest absolute Gasteiger partial charge is 0.618 e. The highest BCUT2D eigenvalue weighted by Crippen LogP contribution is 2.34. The Morgan fingerprint density at radius 1 is 1.27 bits per heavy atom. The van der Waals surface area contributed by atoms with Crippen LogP contribution in [0.25, 0.3) is 0 Å². The molecular weight excluding hydrogens is 280 g/mol. The standard InChI is InChI=1S/C17H18N2O3/c20-16(15-9-3-4-11-19(15)22)18-12-17(21)10-5-7-13-6-1-2-8-14(13)17/h1-4,6,8-9,11,21H,5,7,10,12H2,(H,18,20). The zero-order valence-electron chi connectivity index (χ0n) is 12.2. The molecule has 1 heterocycles. The highest BCUT2D eigenvalue weighted by molar-refractivity contribution is 5.90. The molecule has 1 aromatic carbocycles. The Hall–Kier alpha value is -2.40. The molecule has 2 N–H and O–H groups in total. The fourth-order valence-electron chi connectivity index (χ4n) is 3.00. The van der Waals surface area contributed by atoms with Gasteiger partial charge in [0.15, 0.2) is 6.20 Å². The van der Waals surface area contributed by atoms with Gasteiger partial charge in [-0.25, -0.2) is 0 Å².